The molecule has 1 N–H and O–H groups in total. The van der Waals surface area contributed by atoms with Crippen LogP contribution in [0.3, 0.4) is 0 Å². The minimum Gasteiger partial charge on any atom is -0.476 e. The van der Waals surface area contributed by atoms with Crippen molar-refractivity contribution >= 4 is 5.97 Å². The van der Waals surface area contributed by atoms with Crippen LogP contribution in [0.5, 0.6) is 0 Å². The van der Waals surface area contributed by atoms with Crippen molar-refractivity contribution in [3.8, 4) is 11.3 Å². The second-order valence-electron chi connectivity index (χ2n) is 3.78. The van der Waals surface area contributed by atoms with Crippen LogP contribution in [0.1, 0.15) is 29.4 Å². The summed E-state index contributed by atoms with van der Waals surface area (Å²) in [7, 11) is 0. The molecule has 2 rings (SSSR count). The summed E-state index contributed by atoms with van der Waals surface area (Å²) < 4.78 is 5.12. The molecule has 0 atom stereocenters. The maximum Gasteiger partial charge on any atom is 0.358 e. The van der Waals surface area contributed by atoms with E-state index in [2.05, 4.69) is 11.9 Å². The summed E-state index contributed by atoms with van der Waals surface area (Å²) >= 11 is 0. The third-order valence-corrected chi connectivity index (χ3v) is 2.52. The van der Waals surface area contributed by atoms with Crippen molar-refractivity contribution in [1.29, 1.82) is 0 Å². The third kappa shape index (κ3) is 2.36. The lowest BCUT2D eigenvalue weighted by molar-refractivity contribution is 0.0691. The SMILES string of the molecule is CCCc1ccc(-c2ocnc2C(=O)O)cc1. The Hall–Kier alpha value is -2.10. The number of hydrogen-bond donors (Lipinski definition) is 1. The zero-order valence-corrected chi connectivity index (χ0v) is 9.51. The lowest BCUT2D eigenvalue weighted by atomic mass is 10.1. The molecule has 0 aliphatic rings. The van der Waals surface area contributed by atoms with E-state index in [-0.39, 0.29) is 5.69 Å². The Morgan fingerprint density at radius 2 is 2.06 bits per heavy atom. The summed E-state index contributed by atoms with van der Waals surface area (Å²) in [6, 6.07) is 7.68. The van der Waals surface area contributed by atoms with Crippen molar-refractivity contribution in [2.75, 3.05) is 0 Å². The van der Waals surface area contributed by atoms with Crippen LogP contribution < -0.4 is 0 Å². The molecular formula is C13H13NO3. The number of rotatable bonds is 4. The van der Waals surface area contributed by atoms with Crippen molar-refractivity contribution in [1.82, 2.24) is 4.98 Å². The third-order valence-electron chi connectivity index (χ3n) is 2.52. The van der Waals surface area contributed by atoms with Gasteiger partial charge in [-0.15, -0.1) is 0 Å². The average molecular weight is 231 g/mol. The minimum absolute atomic E-state index is 0.0479. The van der Waals surface area contributed by atoms with Gasteiger partial charge in [0.05, 0.1) is 0 Å². The number of aryl methyl sites for hydroxylation is 1. The molecule has 1 aromatic carbocycles. The molecule has 0 saturated carbocycles. The molecule has 0 spiro atoms. The Kier molecular flexibility index (Phi) is 3.23. The number of carboxylic acids is 1. The first-order chi connectivity index (χ1) is 8.22. The van der Waals surface area contributed by atoms with Crippen LogP contribution in [0.2, 0.25) is 0 Å². The van der Waals surface area contributed by atoms with Crippen LogP contribution in [-0.2, 0) is 6.42 Å². The number of carbonyl (C=O) groups is 1. The summed E-state index contributed by atoms with van der Waals surface area (Å²) in [5.74, 6) is -0.771. The Morgan fingerprint density at radius 3 is 2.65 bits per heavy atom. The molecule has 4 nitrogen and oxygen atoms in total. The second kappa shape index (κ2) is 4.82. The van der Waals surface area contributed by atoms with Crippen LogP contribution in [0.15, 0.2) is 35.1 Å². The normalized spacial score (nSPS) is 10.4. The first kappa shape index (κ1) is 11.4. The van der Waals surface area contributed by atoms with Gasteiger partial charge in [0.1, 0.15) is 0 Å². The molecule has 0 radical (unpaired) electrons. The fraction of sp³-hybridized carbons (Fsp3) is 0.231. The monoisotopic (exact) mass is 231 g/mol. The lowest BCUT2D eigenvalue weighted by Gasteiger charge is -2.01. The molecular weight excluding hydrogens is 218 g/mol. The quantitative estimate of drug-likeness (QED) is 0.878. The summed E-state index contributed by atoms with van der Waals surface area (Å²) in [6.45, 7) is 2.12. The summed E-state index contributed by atoms with van der Waals surface area (Å²) in [4.78, 5) is 14.6. The second-order valence-corrected chi connectivity index (χ2v) is 3.78. The van der Waals surface area contributed by atoms with E-state index in [1.165, 1.54) is 5.56 Å². The number of nitrogens with zero attached hydrogens (tertiary/aromatic N) is 1. The summed E-state index contributed by atoms with van der Waals surface area (Å²) in [5, 5.41) is 8.93. The highest BCUT2D eigenvalue weighted by Gasteiger charge is 2.16. The molecule has 88 valence electrons. The summed E-state index contributed by atoms with van der Waals surface area (Å²) in [6.07, 6.45) is 3.25. The molecule has 0 aliphatic carbocycles. The van der Waals surface area contributed by atoms with Crippen LogP contribution in [0.4, 0.5) is 0 Å². The van der Waals surface area contributed by atoms with Gasteiger partial charge in [-0.3, -0.25) is 0 Å². The Bertz CT molecular complexity index is 514. The number of aromatic nitrogens is 1. The van der Waals surface area contributed by atoms with E-state index in [9.17, 15) is 4.79 Å². The van der Waals surface area contributed by atoms with Gasteiger partial charge < -0.3 is 9.52 Å². The molecule has 0 saturated heterocycles. The highest BCUT2D eigenvalue weighted by molar-refractivity contribution is 5.92. The van der Waals surface area contributed by atoms with Gasteiger partial charge in [0, 0.05) is 5.56 Å². The Balaban J connectivity index is 2.33. The van der Waals surface area contributed by atoms with E-state index < -0.39 is 5.97 Å². The molecule has 0 fully saturated rings. The number of hydrogen-bond acceptors (Lipinski definition) is 3. The fourth-order valence-electron chi connectivity index (χ4n) is 1.71. The Morgan fingerprint density at radius 1 is 1.35 bits per heavy atom. The van der Waals surface area contributed by atoms with Crippen molar-refractivity contribution < 1.29 is 14.3 Å². The van der Waals surface area contributed by atoms with E-state index in [1.807, 2.05) is 24.3 Å². The average Bonchev–Trinajstić information content (AvgIpc) is 2.79. The van der Waals surface area contributed by atoms with Crippen molar-refractivity contribution in [2.45, 2.75) is 19.8 Å². The first-order valence-corrected chi connectivity index (χ1v) is 5.48. The lowest BCUT2D eigenvalue weighted by Crippen LogP contribution is -1.98. The molecule has 4 heteroatoms. The van der Waals surface area contributed by atoms with Crippen molar-refractivity contribution in [3.05, 3.63) is 41.9 Å². The molecule has 0 unspecified atom stereocenters. The molecule has 1 aromatic heterocycles. The van der Waals surface area contributed by atoms with E-state index in [0.717, 1.165) is 24.8 Å². The minimum atomic E-state index is -1.08. The van der Waals surface area contributed by atoms with Crippen LogP contribution in [-0.4, -0.2) is 16.1 Å². The number of benzene rings is 1. The highest BCUT2D eigenvalue weighted by Crippen LogP contribution is 2.23. The topological polar surface area (TPSA) is 63.3 Å². The van der Waals surface area contributed by atoms with E-state index in [4.69, 9.17) is 9.52 Å². The maximum absolute atomic E-state index is 10.9. The molecule has 1 heterocycles. The standard InChI is InChI=1S/C13H13NO3/c1-2-3-9-4-6-10(7-5-9)12-11(13(15)16)14-8-17-12/h4-8H,2-3H2,1H3,(H,15,16). The van der Waals surface area contributed by atoms with Gasteiger partial charge in [-0.1, -0.05) is 37.6 Å². The predicted molar refractivity (Wildman–Crippen MR) is 62.9 cm³/mol. The largest absolute Gasteiger partial charge is 0.476 e. The van der Waals surface area contributed by atoms with Crippen molar-refractivity contribution in [2.24, 2.45) is 0 Å². The highest BCUT2D eigenvalue weighted by atomic mass is 16.4. The number of aromatic carboxylic acids is 1. The zero-order chi connectivity index (χ0) is 12.3. The van der Waals surface area contributed by atoms with Gasteiger partial charge in [-0.2, -0.15) is 0 Å². The van der Waals surface area contributed by atoms with Crippen molar-refractivity contribution in [3.63, 3.8) is 0 Å². The zero-order valence-electron chi connectivity index (χ0n) is 9.51. The first-order valence-electron chi connectivity index (χ1n) is 5.48. The molecule has 0 amide bonds. The summed E-state index contributed by atoms with van der Waals surface area (Å²) in [5.41, 5.74) is 1.92. The number of oxazole rings is 1. The maximum atomic E-state index is 10.9. The van der Waals surface area contributed by atoms with E-state index in [0.29, 0.717) is 5.76 Å². The smallest absolute Gasteiger partial charge is 0.358 e. The predicted octanol–water partition coefficient (Wildman–Crippen LogP) is 2.99. The van der Waals surface area contributed by atoms with Gasteiger partial charge in [0.25, 0.3) is 0 Å². The van der Waals surface area contributed by atoms with Gasteiger partial charge in [0.15, 0.2) is 17.8 Å². The van der Waals surface area contributed by atoms with E-state index >= 15 is 0 Å². The van der Waals surface area contributed by atoms with Gasteiger partial charge in [-0.25, -0.2) is 9.78 Å². The molecule has 17 heavy (non-hydrogen) atoms. The fourth-order valence-corrected chi connectivity index (χ4v) is 1.71. The molecule has 2 aromatic rings. The van der Waals surface area contributed by atoms with Gasteiger partial charge in [0.2, 0.25) is 0 Å². The Labute approximate surface area is 98.9 Å². The van der Waals surface area contributed by atoms with Gasteiger partial charge >= 0.3 is 5.97 Å². The number of carboxylic acid groups (broad SMARTS) is 1. The molecule has 0 aliphatic heterocycles. The van der Waals surface area contributed by atoms with Gasteiger partial charge in [-0.05, 0) is 12.0 Å². The molecule has 0 bridgehead atoms. The van der Waals surface area contributed by atoms with Crippen LogP contribution >= 0.6 is 0 Å². The van der Waals surface area contributed by atoms with Crippen LogP contribution in [0.25, 0.3) is 11.3 Å². The van der Waals surface area contributed by atoms with E-state index in [1.54, 1.807) is 0 Å². The van der Waals surface area contributed by atoms with Crippen LogP contribution in [0, 0.1) is 0 Å².